The van der Waals surface area contributed by atoms with E-state index in [-0.39, 0.29) is 6.10 Å². The number of methoxy groups -OCH3 is 1. The molecule has 4 heteroatoms. The Bertz CT molecular complexity index is 395. The predicted octanol–water partition coefficient (Wildman–Crippen LogP) is 1.11. The Morgan fingerprint density at radius 1 is 1.50 bits per heavy atom. The maximum Gasteiger partial charge on any atom is 0.123 e. The molecule has 0 amide bonds. The fraction of sp³-hybridized carbons (Fsp3) is 0.571. The van der Waals surface area contributed by atoms with Gasteiger partial charge in [0.05, 0.1) is 13.2 Å². The topological polar surface area (TPSA) is 58.7 Å². The lowest BCUT2D eigenvalue weighted by atomic mass is 10.1. The molecule has 1 aromatic carbocycles. The predicted molar refractivity (Wildman–Crippen MR) is 71.4 cm³/mol. The Morgan fingerprint density at radius 3 is 3.00 bits per heavy atom. The highest BCUT2D eigenvalue weighted by Gasteiger charge is 2.18. The number of piperidine rings is 1. The van der Waals surface area contributed by atoms with E-state index in [0.717, 1.165) is 49.4 Å². The lowest BCUT2D eigenvalue weighted by Gasteiger charge is -2.30. The van der Waals surface area contributed by atoms with Crippen LogP contribution in [0.1, 0.15) is 24.0 Å². The number of rotatable bonds is 4. The summed E-state index contributed by atoms with van der Waals surface area (Å²) in [7, 11) is 1.69. The van der Waals surface area contributed by atoms with Crippen LogP contribution in [0.25, 0.3) is 0 Å². The van der Waals surface area contributed by atoms with Crippen molar-refractivity contribution in [1.29, 1.82) is 0 Å². The van der Waals surface area contributed by atoms with Crippen LogP contribution < -0.4 is 10.5 Å². The molecule has 1 aromatic rings. The molecule has 1 atom stereocenters. The van der Waals surface area contributed by atoms with Crippen molar-refractivity contribution in [1.82, 2.24) is 4.90 Å². The Kier molecular flexibility index (Phi) is 4.58. The molecule has 1 unspecified atom stereocenters. The highest BCUT2D eigenvalue weighted by Crippen LogP contribution is 2.23. The second-order valence-electron chi connectivity index (χ2n) is 4.88. The van der Waals surface area contributed by atoms with Crippen molar-refractivity contribution >= 4 is 0 Å². The lowest BCUT2D eigenvalue weighted by molar-refractivity contribution is 0.0664. The average Bonchev–Trinajstić information content (AvgIpc) is 2.38. The van der Waals surface area contributed by atoms with Crippen LogP contribution in [0, 0.1) is 0 Å². The number of nitrogens with zero attached hydrogens (tertiary/aromatic N) is 1. The van der Waals surface area contributed by atoms with Gasteiger partial charge in [-0.05, 0) is 37.1 Å². The summed E-state index contributed by atoms with van der Waals surface area (Å²) < 4.78 is 5.38. The molecule has 0 aliphatic carbocycles. The number of nitrogens with two attached hydrogens (primary N) is 1. The second-order valence-corrected chi connectivity index (χ2v) is 4.88. The molecule has 18 heavy (non-hydrogen) atoms. The van der Waals surface area contributed by atoms with Crippen LogP contribution in [-0.4, -0.2) is 36.3 Å². The zero-order valence-electron chi connectivity index (χ0n) is 10.9. The molecule has 0 aromatic heterocycles. The van der Waals surface area contributed by atoms with E-state index in [1.807, 2.05) is 12.1 Å². The molecule has 0 bridgehead atoms. The molecular weight excluding hydrogens is 228 g/mol. The summed E-state index contributed by atoms with van der Waals surface area (Å²) in [5.41, 5.74) is 7.93. The van der Waals surface area contributed by atoms with Gasteiger partial charge in [-0.25, -0.2) is 0 Å². The van der Waals surface area contributed by atoms with E-state index in [1.165, 1.54) is 0 Å². The molecule has 1 fully saturated rings. The highest BCUT2D eigenvalue weighted by molar-refractivity contribution is 5.37. The van der Waals surface area contributed by atoms with Gasteiger partial charge in [0.15, 0.2) is 0 Å². The van der Waals surface area contributed by atoms with Gasteiger partial charge in [-0.2, -0.15) is 0 Å². The quantitative estimate of drug-likeness (QED) is 0.840. The summed E-state index contributed by atoms with van der Waals surface area (Å²) in [6.07, 6.45) is 1.78. The van der Waals surface area contributed by atoms with Gasteiger partial charge in [-0.15, -0.1) is 0 Å². The molecule has 4 nitrogen and oxygen atoms in total. The zero-order valence-corrected chi connectivity index (χ0v) is 10.9. The van der Waals surface area contributed by atoms with E-state index in [1.54, 1.807) is 7.11 Å². The smallest absolute Gasteiger partial charge is 0.123 e. The van der Waals surface area contributed by atoms with Crippen LogP contribution in [0.2, 0.25) is 0 Å². The maximum atomic E-state index is 9.69. The van der Waals surface area contributed by atoms with Crippen LogP contribution in [0.5, 0.6) is 5.75 Å². The molecule has 1 saturated heterocycles. The number of ether oxygens (including phenoxy) is 1. The summed E-state index contributed by atoms with van der Waals surface area (Å²) in [4.78, 5) is 2.27. The molecule has 3 N–H and O–H groups in total. The van der Waals surface area contributed by atoms with E-state index in [9.17, 15) is 5.11 Å². The van der Waals surface area contributed by atoms with Crippen molar-refractivity contribution in [2.75, 3.05) is 20.2 Å². The van der Waals surface area contributed by atoms with Crippen molar-refractivity contribution in [3.05, 3.63) is 29.3 Å². The minimum atomic E-state index is -0.192. The lowest BCUT2D eigenvalue weighted by Crippen LogP contribution is -2.37. The summed E-state index contributed by atoms with van der Waals surface area (Å²) in [5, 5.41) is 9.69. The van der Waals surface area contributed by atoms with E-state index >= 15 is 0 Å². The normalized spacial score (nSPS) is 20.9. The zero-order chi connectivity index (χ0) is 13.0. The molecule has 2 rings (SSSR count). The number of hydrogen-bond donors (Lipinski definition) is 2. The van der Waals surface area contributed by atoms with E-state index in [2.05, 4.69) is 11.0 Å². The van der Waals surface area contributed by atoms with E-state index in [4.69, 9.17) is 10.5 Å². The van der Waals surface area contributed by atoms with Gasteiger partial charge < -0.3 is 15.6 Å². The van der Waals surface area contributed by atoms with Crippen molar-refractivity contribution in [2.24, 2.45) is 5.73 Å². The second kappa shape index (κ2) is 6.18. The van der Waals surface area contributed by atoms with Crippen molar-refractivity contribution < 1.29 is 9.84 Å². The van der Waals surface area contributed by atoms with Gasteiger partial charge in [0.2, 0.25) is 0 Å². The fourth-order valence-corrected chi connectivity index (χ4v) is 2.50. The third-order valence-corrected chi connectivity index (χ3v) is 3.46. The van der Waals surface area contributed by atoms with Gasteiger partial charge in [-0.3, -0.25) is 4.90 Å². The van der Waals surface area contributed by atoms with Gasteiger partial charge in [0.25, 0.3) is 0 Å². The largest absolute Gasteiger partial charge is 0.496 e. The van der Waals surface area contributed by atoms with Crippen LogP contribution >= 0.6 is 0 Å². The number of β-amino-alcohol motifs (C(OH)–C–C–N with tert-alkyl or cyclic N) is 1. The Morgan fingerprint density at radius 2 is 2.33 bits per heavy atom. The molecule has 100 valence electrons. The van der Waals surface area contributed by atoms with Gasteiger partial charge in [-0.1, -0.05) is 6.07 Å². The first-order chi connectivity index (χ1) is 8.72. The number of benzene rings is 1. The molecular formula is C14H22N2O2. The minimum absolute atomic E-state index is 0.192. The average molecular weight is 250 g/mol. The van der Waals surface area contributed by atoms with Crippen LogP contribution in [0.4, 0.5) is 0 Å². The summed E-state index contributed by atoms with van der Waals surface area (Å²) in [6.45, 7) is 3.14. The number of aliphatic hydroxyl groups is 1. The Labute approximate surface area is 108 Å². The monoisotopic (exact) mass is 250 g/mol. The molecule has 1 aliphatic heterocycles. The molecule has 0 spiro atoms. The van der Waals surface area contributed by atoms with Gasteiger partial charge in [0, 0.05) is 25.2 Å². The maximum absolute atomic E-state index is 9.69. The van der Waals surface area contributed by atoms with E-state index < -0.39 is 0 Å². The van der Waals surface area contributed by atoms with Crippen molar-refractivity contribution in [3.63, 3.8) is 0 Å². The summed E-state index contributed by atoms with van der Waals surface area (Å²) in [5.74, 6) is 0.896. The number of aliphatic hydroxyl groups excluding tert-OH is 1. The van der Waals surface area contributed by atoms with Gasteiger partial charge >= 0.3 is 0 Å². The SMILES string of the molecule is COc1ccc(CN)cc1CN1CCCC(O)C1. The standard InChI is InChI=1S/C14H22N2O2/c1-18-14-5-4-11(8-15)7-12(14)9-16-6-2-3-13(17)10-16/h4-5,7,13,17H,2-3,6,8-10,15H2,1H3. The third kappa shape index (κ3) is 3.22. The Balaban J connectivity index is 2.11. The fourth-order valence-electron chi connectivity index (χ4n) is 2.50. The summed E-state index contributed by atoms with van der Waals surface area (Å²) >= 11 is 0. The van der Waals surface area contributed by atoms with Crippen LogP contribution in [-0.2, 0) is 13.1 Å². The first kappa shape index (κ1) is 13.3. The number of likely N-dealkylation sites (tertiary alicyclic amines) is 1. The first-order valence-electron chi connectivity index (χ1n) is 6.49. The Hall–Kier alpha value is -1.10. The van der Waals surface area contributed by atoms with Gasteiger partial charge in [0.1, 0.15) is 5.75 Å². The molecule has 0 radical (unpaired) electrons. The summed E-state index contributed by atoms with van der Waals surface area (Å²) in [6, 6.07) is 6.06. The third-order valence-electron chi connectivity index (χ3n) is 3.46. The minimum Gasteiger partial charge on any atom is -0.496 e. The first-order valence-corrected chi connectivity index (χ1v) is 6.49. The highest BCUT2D eigenvalue weighted by atomic mass is 16.5. The van der Waals surface area contributed by atoms with E-state index in [0.29, 0.717) is 6.54 Å². The molecule has 1 aliphatic rings. The van der Waals surface area contributed by atoms with Crippen molar-refractivity contribution in [3.8, 4) is 5.75 Å². The van der Waals surface area contributed by atoms with Crippen LogP contribution in [0.15, 0.2) is 18.2 Å². The van der Waals surface area contributed by atoms with Crippen molar-refractivity contribution in [2.45, 2.75) is 32.0 Å². The molecule has 1 heterocycles. The molecule has 0 saturated carbocycles. The van der Waals surface area contributed by atoms with Crippen LogP contribution in [0.3, 0.4) is 0 Å². The number of hydrogen-bond acceptors (Lipinski definition) is 4.